The van der Waals surface area contributed by atoms with Crippen LogP contribution in [0.3, 0.4) is 0 Å². The van der Waals surface area contributed by atoms with Crippen molar-refractivity contribution >= 4 is 21.4 Å². The molecule has 6 nitrogen and oxygen atoms in total. The van der Waals surface area contributed by atoms with E-state index in [0.717, 1.165) is 16.8 Å². The molecule has 0 bridgehead atoms. The molecule has 1 aromatic heterocycles. The van der Waals surface area contributed by atoms with E-state index in [4.69, 9.17) is 0 Å². The molecule has 1 saturated heterocycles. The second kappa shape index (κ2) is 6.84. The van der Waals surface area contributed by atoms with E-state index >= 15 is 0 Å². The van der Waals surface area contributed by atoms with E-state index < -0.39 is 9.84 Å². The third kappa shape index (κ3) is 4.17. The first-order chi connectivity index (χ1) is 11.8. The Hall–Kier alpha value is -2.41. The number of aromatic nitrogens is 1. The van der Waals surface area contributed by atoms with Crippen LogP contribution in [0.2, 0.25) is 0 Å². The number of sulfone groups is 1. The molecule has 1 aliphatic heterocycles. The molecule has 0 aliphatic carbocycles. The number of benzene rings is 1. The molecule has 1 atom stereocenters. The largest absolute Gasteiger partial charge is 0.378 e. The topological polar surface area (TPSA) is 79.4 Å². The van der Waals surface area contributed by atoms with Crippen LogP contribution in [0, 0.1) is 0 Å². The number of hydrogen-bond acceptors (Lipinski definition) is 5. The lowest BCUT2D eigenvalue weighted by molar-refractivity contribution is 0.0941. The average molecular weight is 359 g/mol. The van der Waals surface area contributed by atoms with E-state index in [1.807, 2.05) is 43.3 Å². The van der Waals surface area contributed by atoms with Gasteiger partial charge in [0.05, 0.1) is 17.1 Å². The lowest BCUT2D eigenvalue weighted by atomic mass is 10.1. The molecule has 25 heavy (non-hydrogen) atoms. The maximum absolute atomic E-state index is 12.4. The van der Waals surface area contributed by atoms with Crippen LogP contribution in [0.1, 0.15) is 16.8 Å². The Kier molecular flexibility index (Phi) is 4.76. The van der Waals surface area contributed by atoms with Crippen molar-refractivity contribution in [3.05, 3.63) is 48.3 Å². The summed E-state index contributed by atoms with van der Waals surface area (Å²) in [6, 6.07) is 9.43. The van der Waals surface area contributed by atoms with Crippen LogP contribution >= 0.6 is 0 Å². The fraction of sp³-hybridized carbons (Fsp3) is 0.333. The zero-order valence-corrected chi connectivity index (χ0v) is 15.1. The molecule has 132 valence electrons. The van der Waals surface area contributed by atoms with E-state index in [-0.39, 0.29) is 23.5 Å². The number of nitrogens with zero attached hydrogens (tertiary/aromatic N) is 2. The molecular formula is C18H21N3O3S. The number of anilines is 1. The van der Waals surface area contributed by atoms with Gasteiger partial charge in [0.15, 0.2) is 9.84 Å². The number of carbonyl (C=O) groups is 1. The summed E-state index contributed by atoms with van der Waals surface area (Å²) < 4.78 is 23.0. The van der Waals surface area contributed by atoms with Crippen molar-refractivity contribution in [1.29, 1.82) is 0 Å². The van der Waals surface area contributed by atoms with Gasteiger partial charge in [0.1, 0.15) is 0 Å². The molecule has 3 rings (SSSR count). The monoisotopic (exact) mass is 359 g/mol. The van der Waals surface area contributed by atoms with E-state index in [1.54, 1.807) is 12.3 Å². The quantitative estimate of drug-likeness (QED) is 0.899. The zero-order valence-electron chi connectivity index (χ0n) is 14.3. The minimum absolute atomic E-state index is 0.0118. The molecule has 2 aromatic rings. The predicted octanol–water partition coefficient (Wildman–Crippen LogP) is 1.73. The minimum atomic E-state index is -3.02. The normalized spacial score (nSPS) is 18.7. The number of amides is 1. The third-order valence-electron chi connectivity index (χ3n) is 4.29. The zero-order chi connectivity index (χ0) is 18.0. The molecule has 1 amide bonds. The summed E-state index contributed by atoms with van der Waals surface area (Å²) in [5.41, 5.74) is 3.33. The van der Waals surface area contributed by atoms with Crippen LogP contribution in [0.5, 0.6) is 0 Å². The van der Waals surface area contributed by atoms with Gasteiger partial charge < -0.3 is 10.2 Å². The van der Waals surface area contributed by atoms with Crippen molar-refractivity contribution < 1.29 is 13.2 Å². The van der Waals surface area contributed by atoms with Crippen LogP contribution in [0.4, 0.5) is 5.69 Å². The fourth-order valence-electron chi connectivity index (χ4n) is 2.85. The molecule has 0 radical (unpaired) electrons. The van der Waals surface area contributed by atoms with Gasteiger partial charge in [-0.2, -0.15) is 0 Å². The molecule has 1 aliphatic rings. The highest BCUT2D eigenvalue weighted by Gasteiger charge is 2.29. The van der Waals surface area contributed by atoms with Gasteiger partial charge in [-0.15, -0.1) is 0 Å². The van der Waals surface area contributed by atoms with Gasteiger partial charge in [-0.25, -0.2) is 8.42 Å². The van der Waals surface area contributed by atoms with E-state index in [0.29, 0.717) is 12.0 Å². The second-order valence-electron chi connectivity index (χ2n) is 6.48. The molecule has 1 fully saturated rings. The standard InChI is InChI=1S/C18H21N3O3S/c1-21(2)17-5-3-13(4-6-17)14-9-15(11-19-10-14)18(22)20-16-7-8-25(23,24)12-16/h3-6,9-11,16H,7-8,12H2,1-2H3,(H,20,22). The second-order valence-corrected chi connectivity index (χ2v) is 8.71. The summed E-state index contributed by atoms with van der Waals surface area (Å²) in [4.78, 5) is 18.6. The number of rotatable bonds is 4. The number of nitrogens with one attached hydrogen (secondary N) is 1. The summed E-state index contributed by atoms with van der Waals surface area (Å²) in [6.45, 7) is 0. The van der Waals surface area contributed by atoms with Gasteiger partial charge in [-0.1, -0.05) is 12.1 Å². The van der Waals surface area contributed by atoms with Gasteiger partial charge in [-0.3, -0.25) is 9.78 Å². The minimum Gasteiger partial charge on any atom is -0.378 e. The van der Waals surface area contributed by atoms with E-state index in [9.17, 15) is 13.2 Å². The summed E-state index contributed by atoms with van der Waals surface area (Å²) >= 11 is 0. The Morgan fingerprint density at radius 1 is 1.16 bits per heavy atom. The van der Waals surface area contributed by atoms with Crippen molar-refractivity contribution in [1.82, 2.24) is 10.3 Å². The first kappa shape index (κ1) is 17.4. The van der Waals surface area contributed by atoms with Gasteiger partial charge in [-0.05, 0) is 30.2 Å². The van der Waals surface area contributed by atoms with Crippen molar-refractivity contribution in [3.8, 4) is 11.1 Å². The Balaban J connectivity index is 1.76. The number of carbonyl (C=O) groups excluding carboxylic acids is 1. The summed E-state index contributed by atoms with van der Waals surface area (Å²) in [7, 11) is 0.934. The lowest BCUT2D eigenvalue weighted by Gasteiger charge is -2.13. The van der Waals surface area contributed by atoms with Crippen LogP contribution in [0.25, 0.3) is 11.1 Å². The molecular weight excluding hydrogens is 338 g/mol. The number of hydrogen-bond donors (Lipinski definition) is 1. The van der Waals surface area contributed by atoms with Crippen molar-refractivity contribution in [3.63, 3.8) is 0 Å². The number of pyridine rings is 1. The van der Waals surface area contributed by atoms with Gasteiger partial charge in [0, 0.05) is 43.8 Å². The Morgan fingerprint density at radius 3 is 2.48 bits per heavy atom. The maximum Gasteiger partial charge on any atom is 0.253 e. The average Bonchev–Trinajstić information content (AvgIpc) is 2.93. The third-order valence-corrected chi connectivity index (χ3v) is 6.05. The van der Waals surface area contributed by atoms with Crippen molar-refractivity contribution in [2.45, 2.75) is 12.5 Å². The van der Waals surface area contributed by atoms with Gasteiger partial charge in [0.2, 0.25) is 0 Å². The molecule has 1 N–H and O–H groups in total. The summed E-state index contributed by atoms with van der Waals surface area (Å²) in [6.07, 6.45) is 3.67. The summed E-state index contributed by atoms with van der Waals surface area (Å²) in [5.74, 6) is -0.145. The molecule has 0 saturated carbocycles. The molecule has 2 heterocycles. The van der Waals surface area contributed by atoms with Gasteiger partial charge >= 0.3 is 0 Å². The summed E-state index contributed by atoms with van der Waals surface area (Å²) in [5, 5.41) is 2.79. The van der Waals surface area contributed by atoms with Crippen LogP contribution in [-0.2, 0) is 9.84 Å². The molecule has 1 aromatic carbocycles. The molecule has 7 heteroatoms. The fourth-order valence-corrected chi connectivity index (χ4v) is 4.52. The highest BCUT2D eigenvalue weighted by Crippen LogP contribution is 2.23. The SMILES string of the molecule is CN(C)c1ccc(-c2cncc(C(=O)NC3CCS(=O)(=O)C3)c2)cc1. The first-order valence-electron chi connectivity index (χ1n) is 8.08. The lowest BCUT2D eigenvalue weighted by Crippen LogP contribution is -2.35. The Labute approximate surface area is 147 Å². The van der Waals surface area contributed by atoms with Crippen molar-refractivity contribution in [2.75, 3.05) is 30.5 Å². The Bertz CT molecular complexity index is 877. The molecule has 0 spiro atoms. The predicted molar refractivity (Wildman–Crippen MR) is 98.5 cm³/mol. The van der Waals surface area contributed by atoms with Crippen LogP contribution < -0.4 is 10.2 Å². The van der Waals surface area contributed by atoms with Crippen LogP contribution in [-0.4, -0.2) is 51.0 Å². The van der Waals surface area contributed by atoms with Crippen LogP contribution in [0.15, 0.2) is 42.7 Å². The van der Waals surface area contributed by atoms with E-state index in [2.05, 4.69) is 10.3 Å². The highest BCUT2D eigenvalue weighted by molar-refractivity contribution is 7.91. The first-order valence-corrected chi connectivity index (χ1v) is 9.90. The Morgan fingerprint density at radius 2 is 1.88 bits per heavy atom. The maximum atomic E-state index is 12.4. The highest BCUT2D eigenvalue weighted by atomic mass is 32.2. The molecule has 1 unspecified atom stereocenters. The van der Waals surface area contributed by atoms with Crippen molar-refractivity contribution in [2.24, 2.45) is 0 Å². The smallest absolute Gasteiger partial charge is 0.253 e. The van der Waals surface area contributed by atoms with E-state index in [1.165, 1.54) is 6.20 Å². The van der Waals surface area contributed by atoms with Gasteiger partial charge in [0.25, 0.3) is 5.91 Å².